The number of nitrogens with one attached hydrogen (secondary N) is 2. The fraction of sp³-hybridized carbons (Fsp3) is 0.286. The number of aryl methyl sites for hydroxylation is 1. The lowest BCUT2D eigenvalue weighted by Crippen LogP contribution is -2.36. The number of nitrogens with zero attached hydrogens (tertiary/aromatic N) is 3. The summed E-state index contributed by atoms with van der Waals surface area (Å²) in [5.74, 6) is 0.744. The normalized spacial score (nSPS) is 11.4. The molecule has 7 heteroatoms. The molecule has 0 bridgehead atoms. The Morgan fingerprint density at radius 2 is 1.86 bits per heavy atom. The third-order valence-corrected chi connectivity index (χ3v) is 5.46. The molecule has 0 aliphatic heterocycles. The van der Waals surface area contributed by atoms with Crippen LogP contribution < -0.4 is 16.2 Å². The minimum Gasteiger partial charge on any atom is -0.352 e. The number of thiazole rings is 1. The van der Waals surface area contributed by atoms with E-state index in [9.17, 15) is 4.79 Å². The van der Waals surface area contributed by atoms with Crippen molar-refractivity contribution in [2.24, 2.45) is 4.99 Å². The molecule has 0 aliphatic carbocycles. The van der Waals surface area contributed by atoms with E-state index >= 15 is 0 Å². The van der Waals surface area contributed by atoms with Crippen molar-refractivity contribution < 1.29 is 0 Å². The van der Waals surface area contributed by atoms with Crippen LogP contribution in [0.15, 0.2) is 64.6 Å². The summed E-state index contributed by atoms with van der Waals surface area (Å²) in [7, 11) is 1.76. The maximum absolute atomic E-state index is 11.8. The molecular weight excluding hydrogens is 370 g/mol. The lowest BCUT2D eigenvalue weighted by molar-refractivity contribution is 0.758. The monoisotopic (exact) mass is 395 g/mol. The Bertz CT molecular complexity index is 975. The summed E-state index contributed by atoms with van der Waals surface area (Å²) in [4.78, 5) is 21.8. The van der Waals surface area contributed by atoms with Gasteiger partial charge in [-0.25, -0.2) is 4.98 Å². The molecule has 0 aliphatic rings. The molecule has 6 nitrogen and oxygen atoms in total. The Balaban J connectivity index is 1.50. The van der Waals surface area contributed by atoms with E-state index in [4.69, 9.17) is 0 Å². The molecule has 28 heavy (non-hydrogen) atoms. The first kappa shape index (κ1) is 19.8. The third-order valence-electron chi connectivity index (χ3n) is 4.32. The highest BCUT2D eigenvalue weighted by Gasteiger charge is 2.03. The molecule has 0 amide bonds. The summed E-state index contributed by atoms with van der Waals surface area (Å²) in [5, 5.41) is 7.66. The van der Waals surface area contributed by atoms with Crippen LogP contribution in [0, 0.1) is 0 Å². The van der Waals surface area contributed by atoms with Gasteiger partial charge in [0.1, 0.15) is 5.01 Å². The molecule has 146 valence electrons. The standard InChI is InChI=1S/C21H25N5OS/c1-3-18-13-23-19(28-18)14-25-21(22-2)24-12-16-7-9-17(10-8-16)15-26-11-5-4-6-20(26)27/h4-11,13H,3,12,14-15H2,1-2H3,(H2,22,24,25). The molecule has 0 atom stereocenters. The molecule has 1 aromatic carbocycles. The Kier molecular flexibility index (Phi) is 6.97. The van der Waals surface area contributed by atoms with E-state index < -0.39 is 0 Å². The lowest BCUT2D eigenvalue weighted by Gasteiger charge is -2.11. The van der Waals surface area contributed by atoms with Gasteiger partial charge in [0.05, 0.1) is 13.1 Å². The van der Waals surface area contributed by atoms with E-state index in [1.54, 1.807) is 41.3 Å². The number of hydrogen-bond acceptors (Lipinski definition) is 4. The zero-order valence-corrected chi connectivity index (χ0v) is 17.0. The number of aliphatic imine (C=N–C) groups is 1. The van der Waals surface area contributed by atoms with Crippen LogP contribution in [0.1, 0.15) is 27.9 Å². The largest absolute Gasteiger partial charge is 0.352 e. The predicted octanol–water partition coefficient (Wildman–Crippen LogP) is 2.78. The third kappa shape index (κ3) is 5.53. The first-order chi connectivity index (χ1) is 13.7. The van der Waals surface area contributed by atoms with Crippen LogP contribution >= 0.6 is 11.3 Å². The van der Waals surface area contributed by atoms with Gasteiger partial charge < -0.3 is 15.2 Å². The molecule has 2 N–H and O–H groups in total. The minimum absolute atomic E-state index is 0.00871. The number of guanidine groups is 1. The van der Waals surface area contributed by atoms with Gasteiger partial charge in [-0.2, -0.15) is 0 Å². The van der Waals surface area contributed by atoms with Gasteiger partial charge in [-0.15, -0.1) is 11.3 Å². The van der Waals surface area contributed by atoms with Gasteiger partial charge in [-0.3, -0.25) is 9.79 Å². The molecule has 3 rings (SSSR count). The van der Waals surface area contributed by atoms with Gasteiger partial charge in [0, 0.05) is 36.9 Å². The Labute approximate surface area is 169 Å². The molecule has 3 aromatic rings. The number of hydrogen-bond donors (Lipinski definition) is 2. The van der Waals surface area contributed by atoms with E-state index in [0.29, 0.717) is 19.6 Å². The molecule has 2 aromatic heterocycles. The number of pyridine rings is 1. The Morgan fingerprint density at radius 1 is 1.11 bits per heavy atom. The van der Waals surface area contributed by atoms with Gasteiger partial charge in [0.2, 0.25) is 0 Å². The van der Waals surface area contributed by atoms with Crippen molar-refractivity contribution in [1.29, 1.82) is 0 Å². The second kappa shape index (κ2) is 9.85. The van der Waals surface area contributed by atoms with Crippen LogP contribution in [-0.4, -0.2) is 22.6 Å². The van der Waals surface area contributed by atoms with Crippen molar-refractivity contribution in [3.8, 4) is 0 Å². The zero-order chi connectivity index (χ0) is 19.8. The van der Waals surface area contributed by atoms with Crippen molar-refractivity contribution in [3.05, 3.63) is 86.2 Å². The van der Waals surface area contributed by atoms with Gasteiger partial charge in [-0.1, -0.05) is 37.3 Å². The van der Waals surface area contributed by atoms with Crippen molar-refractivity contribution >= 4 is 17.3 Å². The second-order valence-corrected chi connectivity index (χ2v) is 7.54. The van der Waals surface area contributed by atoms with E-state index in [1.807, 2.05) is 12.3 Å². The molecule has 0 radical (unpaired) electrons. The highest BCUT2D eigenvalue weighted by molar-refractivity contribution is 7.11. The van der Waals surface area contributed by atoms with E-state index in [1.165, 1.54) is 4.88 Å². The Morgan fingerprint density at radius 3 is 2.54 bits per heavy atom. The summed E-state index contributed by atoms with van der Waals surface area (Å²) < 4.78 is 1.70. The highest BCUT2D eigenvalue weighted by atomic mass is 32.1. The summed E-state index contributed by atoms with van der Waals surface area (Å²) in [6.45, 7) is 4.04. The average Bonchev–Trinajstić information content (AvgIpc) is 3.19. The van der Waals surface area contributed by atoms with Gasteiger partial charge in [-0.05, 0) is 23.6 Å². The smallest absolute Gasteiger partial charge is 0.250 e. The predicted molar refractivity (Wildman–Crippen MR) is 115 cm³/mol. The summed E-state index contributed by atoms with van der Waals surface area (Å²) in [5.41, 5.74) is 2.25. The number of benzene rings is 1. The van der Waals surface area contributed by atoms with Crippen LogP contribution in [-0.2, 0) is 26.1 Å². The minimum atomic E-state index is 0.00871. The van der Waals surface area contributed by atoms with Crippen molar-refractivity contribution in [3.63, 3.8) is 0 Å². The summed E-state index contributed by atoms with van der Waals surface area (Å²) in [6, 6.07) is 13.4. The van der Waals surface area contributed by atoms with Gasteiger partial charge in [0.15, 0.2) is 5.96 Å². The maximum atomic E-state index is 11.8. The highest BCUT2D eigenvalue weighted by Crippen LogP contribution is 2.12. The number of rotatable bonds is 7. The van der Waals surface area contributed by atoms with Crippen LogP contribution in [0.3, 0.4) is 0 Å². The fourth-order valence-corrected chi connectivity index (χ4v) is 3.51. The lowest BCUT2D eigenvalue weighted by atomic mass is 10.1. The molecule has 0 fully saturated rings. The molecule has 0 saturated heterocycles. The second-order valence-electron chi connectivity index (χ2n) is 6.34. The molecule has 0 saturated carbocycles. The van der Waals surface area contributed by atoms with E-state index in [2.05, 4.69) is 51.8 Å². The molecule has 0 unspecified atom stereocenters. The maximum Gasteiger partial charge on any atom is 0.250 e. The van der Waals surface area contributed by atoms with Crippen molar-refractivity contribution in [1.82, 2.24) is 20.2 Å². The summed E-state index contributed by atoms with van der Waals surface area (Å²) in [6.07, 6.45) is 4.75. The van der Waals surface area contributed by atoms with Crippen molar-refractivity contribution in [2.45, 2.75) is 33.0 Å². The van der Waals surface area contributed by atoms with Crippen molar-refractivity contribution in [2.75, 3.05) is 7.05 Å². The van der Waals surface area contributed by atoms with Crippen LogP contribution in [0.2, 0.25) is 0 Å². The van der Waals surface area contributed by atoms with Crippen LogP contribution in [0.4, 0.5) is 0 Å². The Hall–Kier alpha value is -2.93. The molecule has 2 heterocycles. The first-order valence-electron chi connectivity index (χ1n) is 9.29. The first-order valence-corrected chi connectivity index (χ1v) is 10.1. The quantitative estimate of drug-likeness (QED) is 0.477. The van der Waals surface area contributed by atoms with Gasteiger partial charge in [0.25, 0.3) is 5.56 Å². The fourth-order valence-electron chi connectivity index (χ4n) is 2.71. The average molecular weight is 396 g/mol. The molecular formula is C21H25N5OS. The van der Waals surface area contributed by atoms with Crippen LogP contribution in [0.5, 0.6) is 0 Å². The zero-order valence-electron chi connectivity index (χ0n) is 16.2. The van der Waals surface area contributed by atoms with Crippen LogP contribution in [0.25, 0.3) is 0 Å². The number of aromatic nitrogens is 2. The van der Waals surface area contributed by atoms with Gasteiger partial charge >= 0.3 is 0 Å². The topological polar surface area (TPSA) is 71.3 Å². The van der Waals surface area contributed by atoms with E-state index in [0.717, 1.165) is 28.5 Å². The summed E-state index contributed by atoms with van der Waals surface area (Å²) >= 11 is 1.72. The van der Waals surface area contributed by atoms with E-state index in [-0.39, 0.29) is 5.56 Å². The molecule has 0 spiro atoms. The SMILES string of the molecule is CCc1cnc(CNC(=NC)NCc2ccc(Cn3ccccc3=O)cc2)s1.